The first kappa shape index (κ1) is 34.0. The highest BCUT2D eigenvalue weighted by molar-refractivity contribution is 6.00. The summed E-state index contributed by atoms with van der Waals surface area (Å²) in [7, 11) is 0. The van der Waals surface area contributed by atoms with Gasteiger partial charge in [-0.1, -0.05) is 92.7 Å². The Morgan fingerprint density at radius 3 is 1.72 bits per heavy atom. The molecule has 1 aromatic heterocycles. The summed E-state index contributed by atoms with van der Waals surface area (Å²) in [6.45, 7) is 8.60. The van der Waals surface area contributed by atoms with Crippen LogP contribution in [0.5, 0.6) is 5.75 Å². The van der Waals surface area contributed by atoms with E-state index in [0.717, 1.165) is 28.1 Å². The van der Waals surface area contributed by atoms with E-state index >= 15 is 0 Å². The first-order valence-electron chi connectivity index (χ1n) is 16.8. The number of hydrogen-bond acceptors (Lipinski definition) is 7. The van der Waals surface area contributed by atoms with Gasteiger partial charge in [-0.2, -0.15) is 5.10 Å². The standard InChI is InChI=1S/C42H41N3O5/c1-28(2)25-48-35-22-20-33(21-23-35)40-36(24-45(44-40)34-18-12-7-13-19-34)39-37(41(46)49-26-31-14-8-5-9-15-31)29(3)43-30(4)38(39)42(47)50-27-32-16-10-6-11-17-32/h5-24,28,39,43H,25-27H2,1-4H3. The maximum absolute atomic E-state index is 14.2. The lowest BCUT2D eigenvalue weighted by atomic mass is 9.79. The third-order valence-electron chi connectivity index (χ3n) is 8.41. The maximum Gasteiger partial charge on any atom is 0.337 e. The lowest BCUT2D eigenvalue weighted by Gasteiger charge is -2.30. The summed E-state index contributed by atoms with van der Waals surface area (Å²) in [5, 5.41) is 8.34. The first-order chi connectivity index (χ1) is 24.3. The number of esters is 2. The van der Waals surface area contributed by atoms with Crippen molar-refractivity contribution in [1.29, 1.82) is 0 Å². The molecule has 0 amide bonds. The average molecular weight is 668 g/mol. The Kier molecular flexibility index (Phi) is 10.6. The molecular formula is C42H41N3O5. The van der Waals surface area contributed by atoms with Crippen LogP contribution in [0.25, 0.3) is 16.9 Å². The normalized spacial score (nSPS) is 13.3. The molecular weight excluding hydrogens is 626 g/mol. The second kappa shape index (κ2) is 15.6. The van der Waals surface area contributed by atoms with Crippen molar-refractivity contribution in [2.45, 2.75) is 46.8 Å². The topological polar surface area (TPSA) is 91.7 Å². The summed E-state index contributed by atoms with van der Waals surface area (Å²) < 4.78 is 19.6. The zero-order valence-corrected chi connectivity index (χ0v) is 28.8. The van der Waals surface area contributed by atoms with E-state index in [1.807, 2.05) is 135 Å². The number of benzene rings is 4. The molecule has 254 valence electrons. The number of aromatic nitrogens is 2. The van der Waals surface area contributed by atoms with E-state index in [1.54, 1.807) is 4.68 Å². The van der Waals surface area contributed by atoms with Crippen molar-refractivity contribution < 1.29 is 23.8 Å². The minimum absolute atomic E-state index is 0.0770. The Hall–Kier alpha value is -5.89. The van der Waals surface area contributed by atoms with E-state index in [4.69, 9.17) is 19.3 Å². The summed E-state index contributed by atoms with van der Waals surface area (Å²) in [6.07, 6.45) is 1.89. The van der Waals surface area contributed by atoms with Crippen LogP contribution in [-0.2, 0) is 32.3 Å². The highest BCUT2D eigenvalue weighted by atomic mass is 16.5. The molecule has 0 aliphatic carbocycles. The number of allylic oxidation sites excluding steroid dienone is 2. The van der Waals surface area contributed by atoms with Crippen LogP contribution in [0.15, 0.2) is 144 Å². The number of ether oxygens (including phenoxy) is 3. The molecule has 0 saturated carbocycles. The molecule has 8 nitrogen and oxygen atoms in total. The van der Waals surface area contributed by atoms with Crippen LogP contribution >= 0.6 is 0 Å². The van der Waals surface area contributed by atoms with Gasteiger partial charge in [-0.15, -0.1) is 0 Å². The number of para-hydroxylation sites is 1. The van der Waals surface area contributed by atoms with E-state index in [-0.39, 0.29) is 13.2 Å². The molecule has 0 saturated heterocycles. The smallest absolute Gasteiger partial charge is 0.337 e. The quantitative estimate of drug-likeness (QED) is 0.134. The van der Waals surface area contributed by atoms with Gasteiger partial charge in [0.2, 0.25) is 0 Å². The highest BCUT2D eigenvalue weighted by Gasteiger charge is 2.40. The maximum atomic E-state index is 14.2. The predicted octanol–water partition coefficient (Wildman–Crippen LogP) is 8.30. The van der Waals surface area contributed by atoms with Crippen LogP contribution in [0.4, 0.5) is 0 Å². The molecule has 0 radical (unpaired) electrons. The molecule has 1 N–H and O–H groups in total. The van der Waals surface area contributed by atoms with Crippen molar-refractivity contribution in [3.05, 3.63) is 161 Å². The van der Waals surface area contributed by atoms with Crippen LogP contribution < -0.4 is 10.1 Å². The SMILES string of the molecule is CC1=C(C(=O)OCc2ccccc2)C(c2cn(-c3ccccc3)nc2-c2ccc(OCC(C)C)cc2)C(C(=O)OCc2ccccc2)=C(C)N1. The van der Waals surface area contributed by atoms with Gasteiger partial charge in [-0.05, 0) is 67.3 Å². The monoisotopic (exact) mass is 667 g/mol. The molecule has 50 heavy (non-hydrogen) atoms. The van der Waals surface area contributed by atoms with Gasteiger partial charge in [-0.25, -0.2) is 14.3 Å². The van der Waals surface area contributed by atoms with Gasteiger partial charge >= 0.3 is 11.9 Å². The summed E-state index contributed by atoms with van der Waals surface area (Å²) in [5.74, 6) is -0.809. The van der Waals surface area contributed by atoms with Gasteiger partial charge in [0.15, 0.2) is 0 Å². The van der Waals surface area contributed by atoms with Crippen molar-refractivity contribution >= 4 is 11.9 Å². The largest absolute Gasteiger partial charge is 0.493 e. The third-order valence-corrected chi connectivity index (χ3v) is 8.41. The molecule has 0 atom stereocenters. The van der Waals surface area contributed by atoms with Gasteiger partial charge in [0.05, 0.1) is 35.1 Å². The molecule has 2 heterocycles. The highest BCUT2D eigenvalue weighted by Crippen LogP contribution is 2.43. The van der Waals surface area contributed by atoms with Crippen LogP contribution in [0.3, 0.4) is 0 Å². The molecule has 8 heteroatoms. The van der Waals surface area contributed by atoms with Gasteiger partial charge in [-0.3, -0.25) is 0 Å². The molecule has 0 spiro atoms. The Balaban J connectivity index is 1.46. The second-order valence-electron chi connectivity index (χ2n) is 12.7. The van der Waals surface area contributed by atoms with Gasteiger partial charge in [0, 0.05) is 28.7 Å². The van der Waals surface area contributed by atoms with Crippen molar-refractivity contribution in [2.24, 2.45) is 5.92 Å². The molecule has 0 fully saturated rings. The Morgan fingerprint density at radius 1 is 0.720 bits per heavy atom. The van der Waals surface area contributed by atoms with Crippen molar-refractivity contribution in [1.82, 2.24) is 15.1 Å². The minimum Gasteiger partial charge on any atom is -0.493 e. The molecule has 1 aliphatic heterocycles. The van der Waals surface area contributed by atoms with E-state index in [2.05, 4.69) is 19.2 Å². The molecule has 1 aliphatic rings. The van der Waals surface area contributed by atoms with E-state index in [1.165, 1.54) is 0 Å². The molecule has 4 aromatic carbocycles. The fourth-order valence-electron chi connectivity index (χ4n) is 5.96. The fraction of sp³-hybridized carbons (Fsp3) is 0.214. The van der Waals surface area contributed by atoms with Gasteiger partial charge in [0.1, 0.15) is 19.0 Å². The molecule has 0 unspecified atom stereocenters. The van der Waals surface area contributed by atoms with E-state index in [9.17, 15) is 9.59 Å². The molecule has 6 rings (SSSR count). The Morgan fingerprint density at radius 2 is 1.22 bits per heavy atom. The van der Waals surface area contributed by atoms with Crippen LogP contribution in [0, 0.1) is 5.92 Å². The fourth-order valence-corrected chi connectivity index (χ4v) is 5.96. The number of dihydropyridines is 1. The number of nitrogens with one attached hydrogen (secondary N) is 1. The third kappa shape index (κ3) is 7.87. The van der Waals surface area contributed by atoms with Gasteiger partial charge in [0.25, 0.3) is 0 Å². The summed E-state index contributed by atoms with van der Waals surface area (Å²) in [4.78, 5) is 28.4. The summed E-state index contributed by atoms with van der Waals surface area (Å²) >= 11 is 0. The Labute approximate surface area is 293 Å². The summed E-state index contributed by atoms with van der Waals surface area (Å²) in [5.41, 5.74) is 6.39. The molecule has 0 bridgehead atoms. The van der Waals surface area contributed by atoms with Crippen LogP contribution in [-0.4, -0.2) is 28.3 Å². The molecule has 5 aromatic rings. The number of nitrogens with zero attached hydrogens (tertiary/aromatic N) is 2. The zero-order valence-electron chi connectivity index (χ0n) is 28.8. The summed E-state index contributed by atoms with van der Waals surface area (Å²) in [6, 6.07) is 36.5. The van der Waals surface area contributed by atoms with E-state index in [0.29, 0.717) is 46.3 Å². The van der Waals surface area contributed by atoms with Gasteiger partial charge < -0.3 is 19.5 Å². The van der Waals surface area contributed by atoms with Crippen LogP contribution in [0.2, 0.25) is 0 Å². The van der Waals surface area contributed by atoms with Crippen LogP contribution in [0.1, 0.15) is 50.3 Å². The minimum atomic E-state index is -0.855. The number of carbonyl (C=O) groups excluding carboxylic acids is 2. The second-order valence-corrected chi connectivity index (χ2v) is 12.7. The average Bonchev–Trinajstić information content (AvgIpc) is 3.58. The van der Waals surface area contributed by atoms with E-state index < -0.39 is 17.9 Å². The number of hydrogen-bond donors (Lipinski definition) is 1. The lowest BCUT2D eigenvalue weighted by Crippen LogP contribution is -2.32. The Bertz CT molecular complexity index is 1920. The predicted molar refractivity (Wildman–Crippen MR) is 193 cm³/mol. The number of rotatable bonds is 12. The van der Waals surface area contributed by atoms with Crippen molar-refractivity contribution in [3.8, 4) is 22.7 Å². The van der Waals surface area contributed by atoms with Crippen molar-refractivity contribution in [3.63, 3.8) is 0 Å². The zero-order chi connectivity index (χ0) is 35.0. The lowest BCUT2D eigenvalue weighted by molar-refractivity contribution is -0.141. The van der Waals surface area contributed by atoms with Crippen molar-refractivity contribution in [2.75, 3.05) is 6.61 Å². The number of carbonyl (C=O) groups is 2. The first-order valence-corrected chi connectivity index (χ1v) is 16.8.